The molecule has 36 heavy (non-hydrogen) atoms. The van der Waals surface area contributed by atoms with Crippen LogP contribution < -0.4 is 16.3 Å². The number of piperidine rings is 1. The molecular formula is C27H29N7O2. The number of carbonyl (C=O) groups is 1. The predicted molar refractivity (Wildman–Crippen MR) is 140 cm³/mol. The average molecular weight is 484 g/mol. The number of nitrogens with two attached hydrogens (primary N) is 1. The van der Waals surface area contributed by atoms with Crippen molar-refractivity contribution in [2.45, 2.75) is 38.1 Å². The Bertz CT molecular complexity index is 1450. The standard InChI is InChI=1S/C27H29N7O2/c28-25(29)15-22(35)9-8-18-4-3-5-19(14-18)20-16-30-26(31-17-20)33-12-10-21(11-13-33)34-24-7-2-1-6-23(24)32-27(34)36/h1-7,14,16-17,21H,8-13,15H2,(H3,28,29)(H,32,36). The van der Waals surface area contributed by atoms with E-state index in [1.165, 1.54) is 0 Å². The Labute approximate surface area is 208 Å². The van der Waals surface area contributed by atoms with Gasteiger partial charge in [-0.05, 0) is 42.5 Å². The molecule has 1 fully saturated rings. The van der Waals surface area contributed by atoms with Gasteiger partial charge in [-0.3, -0.25) is 14.8 Å². The molecule has 0 saturated carbocycles. The predicted octanol–water partition coefficient (Wildman–Crippen LogP) is 3.46. The number of aryl methyl sites for hydroxylation is 1. The first kappa shape index (κ1) is 23.5. The van der Waals surface area contributed by atoms with Crippen LogP contribution in [0.1, 0.15) is 37.3 Å². The third kappa shape index (κ3) is 5.05. The van der Waals surface area contributed by atoms with Crippen molar-refractivity contribution >= 4 is 28.6 Å². The smallest absolute Gasteiger partial charge is 0.326 e. The van der Waals surface area contributed by atoms with Gasteiger partial charge in [-0.15, -0.1) is 0 Å². The number of nitrogens with one attached hydrogen (secondary N) is 2. The Hall–Kier alpha value is -4.27. The number of carbonyl (C=O) groups excluding carboxylic acids is 1. The topological polar surface area (TPSA) is 134 Å². The number of aromatic nitrogens is 4. The molecule has 184 valence electrons. The molecule has 0 spiro atoms. The number of ketones is 1. The fraction of sp³-hybridized carbons (Fsp3) is 0.296. The zero-order valence-corrected chi connectivity index (χ0v) is 20.0. The van der Waals surface area contributed by atoms with Crippen LogP contribution in [0.4, 0.5) is 5.95 Å². The number of para-hydroxylation sites is 2. The molecular weight excluding hydrogens is 454 g/mol. The second-order valence-electron chi connectivity index (χ2n) is 9.25. The van der Waals surface area contributed by atoms with Crippen LogP contribution in [-0.4, -0.2) is 44.2 Å². The van der Waals surface area contributed by atoms with E-state index in [0.29, 0.717) is 18.8 Å². The number of amidine groups is 1. The molecule has 2 aromatic carbocycles. The fourth-order valence-electron chi connectivity index (χ4n) is 4.89. The van der Waals surface area contributed by atoms with Crippen LogP contribution in [0.25, 0.3) is 22.2 Å². The largest absolute Gasteiger partial charge is 0.387 e. The summed E-state index contributed by atoms with van der Waals surface area (Å²) in [7, 11) is 0. The zero-order chi connectivity index (χ0) is 25.1. The summed E-state index contributed by atoms with van der Waals surface area (Å²) in [5, 5.41) is 7.25. The number of anilines is 1. The summed E-state index contributed by atoms with van der Waals surface area (Å²) in [4.78, 5) is 38.8. The first-order valence-electron chi connectivity index (χ1n) is 12.2. The van der Waals surface area contributed by atoms with Gasteiger partial charge < -0.3 is 15.6 Å². The molecule has 0 bridgehead atoms. The summed E-state index contributed by atoms with van der Waals surface area (Å²) in [5.74, 6) is 0.565. The molecule has 3 heterocycles. The van der Waals surface area contributed by atoms with E-state index >= 15 is 0 Å². The van der Waals surface area contributed by atoms with E-state index in [1.807, 2.05) is 65.5 Å². The Kier molecular flexibility index (Phi) is 6.62. The van der Waals surface area contributed by atoms with Crippen molar-refractivity contribution in [3.63, 3.8) is 0 Å². The maximum Gasteiger partial charge on any atom is 0.326 e. The molecule has 9 heteroatoms. The Morgan fingerprint density at radius 1 is 1.06 bits per heavy atom. The first-order chi connectivity index (χ1) is 17.5. The van der Waals surface area contributed by atoms with E-state index in [9.17, 15) is 9.59 Å². The maximum absolute atomic E-state index is 12.5. The number of Topliss-reactive ketones (excluding diaryl/α,β-unsaturated/α-hetero) is 1. The van der Waals surface area contributed by atoms with Gasteiger partial charge in [0.1, 0.15) is 5.78 Å². The van der Waals surface area contributed by atoms with Gasteiger partial charge in [-0.1, -0.05) is 36.4 Å². The SMILES string of the molecule is N=C(N)CC(=O)CCc1cccc(-c2cnc(N3CCC(n4c(=O)[nH]c5ccccc54)CC3)nc2)c1. The zero-order valence-electron chi connectivity index (χ0n) is 20.0. The Morgan fingerprint density at radius 3 is 2.56 bits per heavy atom. The highest BCUT2D eigenvalue weighted by Gasteiger charge is 2.24. The summed E-state index contributed by atoms with van der Waals surface area (Å²) in [5.41, 5.74) is 10.0. The van der Waals surface area contributed by atoms with Crippen LogP contribution in [0.2, 0.25) is 0 Å². The molecule has 9 nitrogen and oxygen atoms in total. The number of fused-ring (bicyclic) bond motifs is 1. The molecule has 0 unspecified atom stereocenters. The number of imidazole rings is 1. The number of hydrogen-bond donors (Lipinski definition) is 3. The summed E-state index contributed by atoms with van der Waals surface area (Å²) in [6.45, 7) is 1.56. The molecule has 4 N–H and O–H groups in total. The van der Waals surface area contributed by atoms with Crippen LogP contribution in [-0.2, 0) is 11.2 Å². The van der Waals surface area contributed by atoms with Gasteiger partial charge >= 0.3 is 5.69 Å². The number of H-pyrrole nitrogens is 1. The summed E-state index contributed by atoms with van der Waals surface area (Å²) < 4.78 is 1.89. The lowest BCUT2D eigenvalue weighted by Gasteiger charge is -2.32. The van der Waals surface area contributed by atoms with Crippen LogP contribution in [0, 0.1) is 5.41 Å². The summed E-state index contributed by atoms with van der Waals surface area (Å²) in [6.07, 6.45) is 6.32. The number of aromatic amines is 1. The van der Waals surface area contributed by atoms with Gasteiger partial charge in [0.05, 0.1) is 23.3 Å². The minimum atomic E-state index is -0.0953. The summed E-state index contributed by atoms with van der Waals surface area (Å²) >= 11 is 0. The van der Waals surface area contributed by atoms with Crippen molar-refractivity contribution in [3.05, 3.63) is 77.0 Å². The van der Waals surface area contributed by atoms with Crippen LogP contribution in [0.5, 0.6) is 0 Å². The van der Waals surface area contributed by atoms with E-state index in [0.717, 1.165) is 53.7 Å². The molecule has 4 aromatic rings. The first-order valence-corrected chi connectivity index (χ1v) is 12.2. The van der Waals surface area contributed by atoms with Crippen molar-refractivity contribution < 1.29 is 4.79 Å². The maximum atomic E-state index is 12.5. The normalized spacial score (nSPS) is 14.3. The Morgan fingerprint density at radius 2 is 1.81 bits per heavy atom. The van der Waals surface area contributed by atoms with Gasteiger partial charge in [-0.2, -0.15) is 0 Å². The highest BCUT2D eigenvalue weighted by atomic mass is 16.1. The number of rotatable bonds is 8. The number of benzene rings is 2. The minimum Gasteiger partial charge on any atom is -0.387 e. The average Bonchev–Trinajstić information content (AvgIpc) is 3.23. The van der Waals surface area contributed by atoms with Crippen LogP contribution >= 0.6 is 0 Å². The molecule has 5 rings (SSSR count). The quantitative estimate of drug-likeness (QED) is 0.260. The third-order valence-corrected chi connectivity index (χ3v) is 6.72. The highest BCUT2D eigenvalue weighted by molar-refractivity contribution is 5.98. The van der Waals surface area contributed by atoms with Crippen LogP contribution in [0.15, 0.2) is 65.7 Å². The monoisotopic (exact) mass is 483 g/mol. The van der Waals surface area contributed by atoms with Crippen molar-refractivity contribution in [1.82, 2.24) is 19.5 Å². The molecule has 1 saturated heterocycles. The van der Waals surface area contributed by atoms with E-state index in [1.54, 1.807) is 0 Å². The van der Waals surface area contributed by atoms with E-state index in [2.05, 4.69) is 19.9 Å². The molecule has 0 amide bonds. The number of nitrogens with zero attached hydrogens (tertiary/aromatic N) is 4. The highest BCUT2D eigenvalue weighted by Crippen LogP contribution is 2.27. The third-order valence-electron chi connectivity index (χ3n) is 6.72. The van der Waals surface area contributed by atoms with E-state index in [-0.39, 0.29) is 29.8 Å². The van der Waals surface area contributed by atoms with Crippen LogP contribution in [0.3, 0.4) is 0 Å². The second-order valence-corrected chi connectivity index (χ2v) is 9.25. The lowest BCUT2D eigenvalue weighted by Crippen LogP contribution is -2.37. The summed E-state index contributed by atoms with van der Waals surface area (Å²) in [6, 6.07) is 16.0. The van der Waals surface area contributed by atoms with Gasteiger partial charge in [-0.25, -0.2) is 14.8 Å². The Balaban J connectivity index is 1.22. The molecule has 1 aliphatic heterocycles. The van der Waals surface area contributed by atoms with E-state index in [4.69, 9.17) is 11.1 Å². The molecule has 2 aromatic heterocycles. The van der Waals surface area contributed by atoms with Gasteiger partial charge in [0.15, 0.2) is 0 Å². The van der Waals surface area contributed by atoms with Crippen molar-refractivity contribution in [3.8, 4) is 11.1 Å². The van der Waals surface area contributed by atoms with E-state index < -0.39 is 0 Å². The van der Waals surface area contributed by atoms with Crippen molar-refractivity contribution in [1.29, 1.82) is 5.41 Å². The fourth-order valence-corrected chi connectivity index (χ4v) is 4.89. The molecule has 0 aliphatic carbocycles. The number of hydrogen-bond acceptors (Lipinski definition) is 6. The van der Waals surface area contributed by atoms with Gasteiger partial charge in [0.2, 0.25) is 5.95 Å². The molecule has 0 atom stereocenters. The second kappa shape index (κ2) is 10.2. The lowest BCUT2D eigenvalue weighted by molar-refractivity contribution is -0.117. The molecule has 1 aliphatic rings. The van der Waals surface area contributed by atoms with Crippen molar-refractivity contribution in [2.75, 3.05) is 18.0 Å². The van der Waals surface area contributed by atoms with Gasteiger partial charge in [0.25, 0.3) is 0 Å². The minimum absolute atomic E-state index is 0.00472. The van der Waals surface area contributed by atoms with Gasteiger partial charge in [0, 0.05) is 43.5 Å². The van der Waals surface area contributed by atoms with Crippen molar-refractivity contribution in [2.24, 2.45) is 5.73 Å². The molecule has 0 radical (unpaired) electrons. The lowest BCUT2D eigenvalue weighted by atomic mass is 10.0.